The van der Waals surface area contributed by atoms with Crippen LogP contribution in [0.4, 0.5) is 4.39 Å². The highest BCUT2D eigenvalue weighted by Gasteiger charge is 2.37. The average molecular weight is 384 g/mol. The molecule has 1 aromatic rings. The van der Waals surface area contributed by atoms with Crippen molar-refractivity contribution in [2.24, 2.45) is 4.99 Å². The number of halogens is 1. The fourth-order valence-electron chi connectivity index (χ4n) is 2.82. The molecule has 1 saturated heterocycles. The molecule has 0 saturated carbocycles. The predicted octanol–water partition coefficient (Wildman–Crippen LogP) is 1.49. The topological polar surface area (TPSA) is 83.9 Å². The van der Waals surface area contributed by atoms with E-state index in [2.05, 4.69) is 14.7 Å². The number of rotatable bonds is 6. The minimum Gasteiger partial charge on any atom is -0.463 e. The first kappa shape index (κ1) is 17.9. The van der Waals surface area contributed by atoms with Crippen LogP contribution in [0.3, 0.4) is 0 Å². The molecule has 1 N–H and O–H groups in total. The van der Waals surface area contributed by atoms with Gasteiger partial charge in [-0.15, -0.1) is 11.3 Å². The summed E-state index contributed by atoms with van der Waals surface area (Å²) in [6, 6.07) is -0.209. The van der Waals surface area contributed by atoms with E-state index in [1.165, 1.54) is 11.3 Å². The molecule has 2 aliphatic heterocycles. The molecule has 3 rings (SSSR count). The third-order valence-corrected chi connectivity index (χ3v) is 5.45. The van der Waals surface area contributed by atoms with E-state index in [-0.39, 0.29) is 25.5 Å². The molecule has 0 bridgehead atoms. The summed E-state index contributed by atoms with van der Waals surface area (Å²) < 4.78 is 31.9. The second kappa shape index (κ2) is 7.98. The zero-order valence-electron chi connectivity index (χ0n) is 13.5. The van der Waals surface area contributed by atoms with E-state index in [0.29, 0.717) is 24.4 Å². The van der Waals surface area contributed by atoms with Crippen molar-refractivity contribution in [3.05, 3.63) is 39.6 Å². The molecule has 0 spiro atoms. The van der Waals surface area contributed by atoms with E-state index in [9.17, 15) is 13.4 Å². The van der Waals surface area contributed by atoms with E-state index in [0.717, 1.165) is 16.1 Å². The quantitative estimate of drug-likeness (QED) is 0.752. The van der Waals surface area contributed by atoms with Crippen LogP contribution in [0.25, 0.3) is 0 Å². The van der Waals surface area contributed by atoms with Crippen LogP contribution in [0.1, 0.15) is 18.4 Å². The van der Waals surface area contributed by atoms with Gasteiger partial charge in [-0.2, -0.15) is 0 Å². The number of esters is 1. The lowest BCUT2D eigenvalue weighted by Crippen LogP contribution is -2.37. The van der Waals surface area contributed by atoms with Gasteiger partial charge in [0.15, 0.2) is 10.8 Å². The van der Waals surface area contributed by atoms with Crippen LogP contribution < -0.4 is 4.72 Å². The van der Waals surface area contributed by atoms with Gasteiger partial charge >= 0.3 is 5.97 Å². The van der Waals surface area contributed by atoms with Crippen molar-refractivity contribution in [2.45, 2.75) is 19.4 Å². The van der Waals surface area contributed by atoms with E-state index in [1.807, 2.05) is 10.3 Å². The molecule has 0 aliphatic carbocycles. The first-order chi connectivity index (χ1) is 12.1. The maximum atomic E-state index is 12.2. The molecule has 0 amide bonds. The Morgan fingerprint density at radius 3 is 3.16 bits per heavy atom. The van der Waals surface area contributed by atoms with Crippen molar-refractivity contribution >= 4 is 34.1 Å². The summed E-state index contributed by atoms with van der Waals surface area (Å²) in [6.07, 6.45) is 2.42. The second-order valence-corrected chi connectivity index (χ2v) is 7.31. The number of aliphatic imine (C=N–C) groups is 1. The minimum atomic E-state index is -1.62. The number of nitrogens with one attached hydrogen (secondary N) is 1. The number of nitrogens with zero attached hydrogens (tertiary/aromatic N) is 3. The molecule has 10 heteroatoms. The third kappa shape index (κ3) is 3.86. The summed E-state index contributed by atoms with van der Waals surface area (Å²) in [5, 5.41) is 3.55. The van der Waals surface area contributed by atoms with Crippen LogP contribution in [-0.4, -0.2) is 51.6 Å². The van der Waals surface area contributed by atoms with Crippen LogP contribution in [0.2, 0.25) is 0 Å². The highest BCUT2D eigenvalue weighted by Crippen LogP contribution is 2.31. The summed E-state index contributed by atoms with van der Waals surface area (Å²) in [5.41, 5.74) is 1.29. The smallest absolute Gasteiger partial charge is 0.337 e. The number of carbonyl (C=O) groups excluding carboxylic acids is 1. The van der Waals surface area contributed by atoms with Crippen LogP contribution in [-0.2, 0) is 20.5 Å². The summed E-state index contributed by atoms with van der Waals surface area (Å²) in [6.45, 7) is 2.72. The van der Waals surface area contributed by atoms with Crippen LogP contribution >= 0.6 is 11.3 Å². The second-order valence-electron chi connectivity index (χ2n) is 5.31. The molecule has 134 valence electrons. The Bertz CT molecular complexity index is 761. The Hall–Kier alpha value is -1.91. The maximum Gasteiger partial charge on any atom is 0.337 e. The van der Waals surface area contributed by atoms with Gasteiger partial charge in [-0.1, -0.05) is 0 Å². The highest BCUT2D eigenvalue weighted by molar-refractivity contribution is 7.86. The number of amidine groups is 1. The molecule has 7 nitrogen and oxygen atoms in total. The zero-order valence-corrected chi connectivity index (χ0v) is 15.1. The highest BCUT2D eigenvalue weighted by atomic mass is 32.2. The molecule has 1 aromatic heterocycles. The molecular weight excluding hydrogens is 367 g/mol. The molecule has 1 fully saturated rings. The molecule has 25 heavy (non-hydrogen) atoms. The number of hydrogen-bond acceptors (Lipinski definition) is 7. The Kier molecular flexibility index (Phi) is 5.71. The van der Waals surface area contributed by atoms with E-state index >= 15 is 0 Å². The van der Waals surface area contributed by atoms with Gasteiger partial charge in [-0.25, -0.2) is 23.1 Å². The molecule has 0 aromatic carbocycles. The van der Waals surface area contributed by atoms with Crippen molar-refractivity contribution in [1.29, 1.82) is 0 Å². The molecule has 3 heterocycles. The minimum absolute atomic E-state index is 0.209. The fraction of sp³-hybridized carbons (Fsp3) is 0.400. The van der Waals surface area contributed by atoms with Gasteiger partial charge < -0.3 is 9.64 Å². The first-order valence-corrected chi connectivity index (χ1v) is 9.78. The Morgan fingerprint density at radius 2 is 2.48 bits per heavy atom. The summed E-state index contributed by atoms with van der Waals surface area (Å²) >= 11 is 1.46. The van der Waals surface area contributed by atoms with E-state index in [4.69, 9.17) is 4.74 Å². The van der Waals surface area contributed by atoms with Gasteiger partial charge in [-0.05, 0) is 6.92 Å². The average Bonchev–Trinajstić information content (AvgIpc) is 3.23. The van der Waals surface area contributed by atoms with Crippen molar-refractivity contribution in [1.82, 2.24) is 14.6 Å². The monoisotopic (exact) mass is 384 g/mol. The fourth-order valence-corrected chi connectivity index (χ4v) is 4.13. The van der Waals surface area contributed by atoms with Gasteiger partial charge in [0.1, 0.15) is 11.0 Å². The lowest BCUT2D eigenvalue weighted by molar-refractivity contribution is -0.138. The summed E-state index contributed by atoms with van der Waals surface area (Å²) in [4.78, 5) is 22.9. The molecular formula is C15H17FN4O3S2. The zero-order chi connectivity index (χ0) is 17.8. The van der Waals surface area contributed by atoms with E-state index < -0.39 is 17.0 Å². The van der Waals surface area contributed by atoms with E-state index in [1.54, 1.807) is 13.1 Å². The van der Waals surface area contributed by atoms with Crippen molar-refractivity contribution in [2.75, 3.05) is 19.7 Å². The lowest BCUT2D eigenvalue weighted by Gasteiger charge is -2.26. The van der Waals surface area contributed by atoms with Gasteiger partial charge in [0, 0.05) is 41.7 Å². The lowest BCUT2D eigenvalue weighted by atomic mass is 10.1. The van der Waals surface area contributed by atoms with Gasteiger partial charge in [-0.3, -0.25) is 4.99 Å². The molecule has 2 atom stereocenters. The maximum absolute atomic E-state index is 12.2. The Labute approximate surface area is 150 Å². The number of hydrogen-bond donors (Lipinski definition) is 1. The Morgan fingerprint density at radius 1 is 1.64 bits per heavy atom. The van der Waals surface area contributed by atoms with Crippen molar-refractivity contribution < 1.29 is 18.1 Å². The largest absolute Gasteiger partial charge is 0.463 e. The number of fused-ring (bicyclic) bond motifs is 1. The van der Waals surface area contributed by atoms with Gasteiger partial charge in [0.05, 0.1) is 25.1 Å². The summed E-state index contributed by atoms with van der Waals surface area (Å²) in [7, 11) is -1.62. The molecule has 0 radical (unpaired) electrons. The SMILES string of the molecule is CCOC(=O)C1=C2CC(NS(=O)/C=C/F)CN2C(c2nccs2)=NC1. The normalized spacial score (nSPS) is 21.4. The van der Waals surface area contributed by atoms with Gasteiger partial charge in [0.25, 0.3) is 0 Å². The molecule has 2 unspecified atom stereocenters. The number of carbonyl (C=O) groups is 1. The van der Waals surface area contributed by atoms with Gasteiger partial charge in [0.2, 0.25) is 0 Å². The number of thiazole rings is 1. The van der Waals surface area contributed by atoms with Crippen molar-refractivity contribution in [3.8, 4) is 0 Å². The summed E-state index contributed by atoms with van der Waals surface area (Å²) in [5.74, 6) is 0.295. The standard InChI is InChI=1S/C15H17FN4O3S2/c1-2-23-15(21)11-8-18-13(14-17-4-5-24-14)20-9-10(7-12(11)20)19-25(22)6-3-16/h3-6,10,19H,2,7-9H2,1H3/b6-3+. The number of aromatic nitrogens is 1. The van der Waals surface area contributed by atoms with Crippen LogP contribution in [0, 0.1) is 0 Å². The third-order valence-electron chi connectivity index (χ3n) is 3.76. The van der Waals surface area contributed by atoms with Crippen LogP contribution in [0.15, 0.2) is 39.6 Å². The first-order valence-electron chi connectivity index (χ1n) is 7.68. The van der Waals surface area contributed by atoms with Crippen molar-refractivity contribution in [3.63, 3.8) is 0 Å². The van der Waals surface area contributed by atoms with Crippen LogP contribution in [0.5, 0.6) is 0 Å². The predicted molar refractivity (Wildman–Crippen MR) is 93.8 cm³/mol. The Balaban J connectivity index is 1.88. The number of ether oxygens (including phenoxy) is 1. The molecule has 2 aliphatic rings.